The minimum absolute atomic E-state index is 0.274. The van der Waals surface area contributed by atoms with Gasteiger partial charge in [-0.1, -0.05) is 49.6 Å². The highest BCUT2D eigenvalue weighted by Crippen LogP contribution is 2.27. The Hall–Kier alpha value is -2.04. The topological polar surface area (TPSA) is 56.7 Å². The first-order chi connectivity index (χ1) is 13.1. The molecule has 5 heteroatoms. The number of rotatable bonds is 5. The Bertz CT molecular complexity index is 666. The minimum Gasteiger partial charge on any atom is -0.356 e. The van der Waals surface area contributed by atoms with Crippen molar-refractivity contribution in [3.8, 4) is 0 Å². The third kappa shape index (κ3) is 5.24. The van der Waals surface area contributed by atoms with Crippen molar-refractivity contribution < 1.29 is 4.79 Å². The van der Waals surface area contributed by atoms with Crippen LogP contribution < -0.4 is 10.6 Å². The first-order valence-electron chi connectivity index (χ1n) is 10.4. The van der Waals surface area contributed by atoms with E-state index < -0.39 is 0 Å². The number of guanidine groups is 1. The molecule has 1 heterocycles. The quantitative estimate of drug-likeness (QED) is 0.619. The van der Waals surface area contributed by atoms with Gasteiger partial charge in [0.15, 0.2) is 5.96 Å². The second-order valence-electron chi connectivity index (χ2n) is 8.16. The van der Waals surface area contributed by atoms with Gasteiger partial charge in [-0.3, -0.25) is 9.79 Å². The number of amides is 1. The van der Waals surface area contributed by atoms with Gasteiger partial charge in [0.05, 0.1) is 0 Å². The second-order valence-corrected chi connectivity index (χ2v) is 8.16. The number of carbonyl (C=O) groups is 1. The van der Waals surface area contributed by atoms with Crippen LogP contribution in [0, 0.1) is 12.8 Å². The summed E-state index contributed by atoms with van der Waals surface area (Å²) in [6, 6.07) is 8.95. The van der Waals surface area contributed by atoms with E-state index in [2.05, 4.69) is 58.6 Å². The molecular formula is C22H34N4O. The highest BCUT2D eigenvalue weighted by molar-refractivity contribution is 5.81. The molecule has 2 N–H and O–H groups in total. The van der Waals surface area contributed by atoms with Gasteiger partial charge in [-0.05, 0) is 37.7 Å². The van der Waals surface area contributed by atoms with Crippen LogP contribution in [0.15, 0.2) is 29.3 Å². The van der Waals surface area contributed by atoms with E-state index in [0.29, 0.717) is 11.8 Å². The summed E-state index contributed by atoms with van der Waals surface area (Å²) in [5.41, 5.74) is 2.63. The van der Waals surface area contributed by atoms with Gasteiger partial charge in [-0.25, -0.2) is 0 Å². The van der Waals surface area contributed by atoms with Crippen molar-refractivity contribution >= 4 is 11.9 Å². The smallest absolute Gasteiger partial charge is 0.225 e. The summed E-state index contributed by atoms with van der Waals surface area (Å²) in [5, 5.41) is 6.95. The van der Waals surface area contributed by atoms with Crippen molar-refractivity contribution in [1.82, 2.24) is 15.5 Å². The van der Waals surface area contributed by atoms with Gasteiger partial charge in [0.2, 0.25) is 5.91 Å². The molecule has 3 rings (SSSR count). The molecule has 0 bridgehead atoms. The van der Waals surface area contributed by atoms with Crippen molar-refractivity contribution in [2.75, 3.05) is 26.7 Å². The fourth-order valence-electron chi connectivity index (χ4n) is 4.24. The van der Waals surface area contributed by atoms with E-state index in [-0.39, 0.29) is 12.0 Å². The molecule has 1 aliphatic carbocycles. The second kappa shape index (κ2) is 9.25. The molecule has 1 amide bonds. The highest BCUT2D eigenvalue weighted by Gasteiger charge is 2.32. The molecule has 1 aromatic carbocycles. The number of carbonyl (C=O) groups excluding carboxylic acids is 1. The summed E-state index contributed by atoms with van der Waals surface area (Å²) in [5.74, 6) is 1.88. The first-order valence-corrected chi connectivity index (χ1v) is 10.4. The summed E-state index contributed by atoms with van der Waals surface area (Å²) in [6.45, 7) is 6.85. The number of hydrogen-bond donors (Lipinski definition) is 2. The van der Waals surface area contributed by atoms with Crippen LogP contribution in [-0.2, 0) is 4.79 Å². The van der Waals surface area contributed by atoms with E-state index in [1.165, 1.54) is 24.0 Å². The Kier molecular flexibility index (Phi) is 6.75. The summed E-state index contributed by atoms with van der Waals surface area (Å²) in [6.07, 6.45) is 5.57. The van der Waals surface area contributed by atoms with Crippen LogP contribution in [0.2, 0.25) is 0 Å². The fourth-order valence-corrected chi connectivity index (χ4v) is 4.24. The third-order valence-electron chi connectivity index (χ3n) is 5.96. The van der Waals surface area contributed by atoms with Crippen molar-refractivity contribution in [1.29, 1.82) is 0 Å². The summed E-state index contributed by atoms with van der Waals surface area (Å²) in [7, 11) is 1.81. The van der Waals surface area contributed by atoms with Gasteiger partial charge in [0.25, 0.3) is 0 Å². The molecule has 0 aromatic heterocycles. The number of aliphatic imine (C=N–C) groups is 1. The van der Waals surface area contributed by atoms with Crippen LogP contribution in [0.1, 0.15) is 56.1 Å². The molecule has 2 aliphatic rings. The van der Waals surface area contributed by atoms with Gasteiger partial charge in [0.1, 0.15) is 0 Å². The van der Waals surface area contributed by atoms with E-state index >= 15 is 0 Å². The number of nitrogens with one attached hydrogen (secondary N) is 2. The van der Waals surface area contributed by atoms with Gasteiger partial charge >= 0.3 is 0 Å². The van der Waals surface area contributed by atoms with E-state index in [9.17, 15) is 4.79 Å². The Morgan fingerprint density at radius 2 is 2.07 bits per heavy atom. The third-order valence-corrected chi connectivity index (χ3v) is 5.96. The van der Waals surface area contributed by atoms with Crippen LogP contribution in [-0.4, -0.2) is 49.5 Å². The summed E-state index contributed by atoms with van der Waals surface area (Å²) in [4.78, 5) is 19.0. The fraction of sp³-hybridized carbons (Fsp3) is 0.636. The van der Waals surface area contributed by atoms with E-state index in [1.54, 1.807) is 0 Å². The first kappa shape index (κ1) is 19.7. The zero-order valence-corrected chi connectivity index (χ0v) is 17.0. The lowest BCUT2D eigenvalue weighted by molar-refractivity contribution is -0.134. The lowest BCUT2D eigenvalue weighted by Crippen LogP contribution is -2.46. The maximum absolute atomic E-state index is 12.6. The molecule has 2 fully saturated rings. The van der Waals surface area contributed by atoms with Gasteiger partial charge in [0, 0.05) is 38.6 Å². The van der Waals surface area contributed by atoms with Gasteiger partial charge in [-0.2, -0.15) is 0 Å². The van der Waals surface area contributed by atoms with Crippen LogP contribution >= 0.6 is 0 Å². The average Bonchev–Trinajstić information content (AvgIpc) is 3.36. The molecule has 0 spiro atoms. The van der Waals surface area contributed by atoms with E-state index in [0.717, 1.165) is 44.9 Å². The van der Waals surface area contributed by atoms with E-state index in [1.807, 2.05) is 7.05 Å². The Labute approximate surface area is 163 Å². The number of nitrogens with zero attached hydrogens (tertiary/aromatic N) is 2. The zero-order chi connectivity index (χ0) is 19.2. The molecule has 27 heavy (non-hydrogen) atoms. The minimum atomic E-state index is 0.274. The maximum atomic E-state index is 12.6. The molecular weight excluding hydrogens is 336 g/mol. The molecule has 1 saturated carbocycles. The van der Waals surface area contributed by atoms with Crippen LogP contribution in [0.25, 0.3) is 0 Å². The van der Waals surface area contributed by atoms with Gasteiger partial charge in [-0.15, -0.1) is 0 Å². The van der Waals surface area contributed by atoms with Crippen molar-refractivity contribution in [2.24, 2.45) is 10.9 Å². The SMILES string of the molecule is CN=C(NCC(C)c1cccc(C)c1)NC1CCN(C(=O)C2CCCC2)C1. The number of likely N-dealkylation sites (tertiary alicyclic amines) is 1. The normalized spacial score (nSPS) is 22.1. The van der Waals surface area contributed by atoms with Crippen molar-refractivity contribution in [3.05, 3.63) is 35.4 Å². The maximum Gasteiger partial charge on any atom is 0.225 e. The molecule has 1 aliphatic heterocycles. The molecule has 0 radical (unpaired) electrons. The van der Waals surface area contributed by atoms with Crippen molar-refractivity contribution in [3.63, 3.8) is 0 Å². The standard InChI is InChI=1S/C22H34N4O/c1-16-7-6-10-19(13-16)17(2)14-24-22(23-3)25-20-11-12-26(15-20)21(27)18-8-4-5-9-18/h6-7,10,13,17-18,20H,4-5,8-9,11-12,14-15H2,1-3H3,(H2,23,24,25). The average molecular weight is 371 g/mol. The van der Waals surface area contributed by atoms with Crippen molar-refractivity contribution in [2.45, 2.75) is 57.9 Å². The summed E-state index contributed by atoms with van der Waals surface area (Å²) < 4.78 is 0. The highest BCUT2D eigenvalue weighted by atomic mass is 16.2. The predicted octanol–water partition coefficient (Wildman–Crippen LogP) is 3.05. The van der Waals surface area contributed by atoms with Crippen LogP contribution in [0.3, 0.4) is 0 Å². The molecule has 5 nitrogen and oxygen atoms in total. The predicted molar refractivity (Wildman–Crippen MR) is 111 cm³/mol. The lowest BCUT2D eigenvalue weighted by Gasteiger charge is -2.22. The van der Waals surface area contributed by atoms with Gasteiger partial charge < -0.3 is 15.5 Å². The zero-order valence-electron chi connectivity index (χ0n) is 17.0. The Morgan fingerprint density at radius 1 is 1.30 bits per heavy atom. The lowest BCUT2D eigenvalue weighted by atomic mass is 9.99. The largest absolute Gasteiger partial charge is 0.356 e. The molecule has 2 unspecified atom stereocenters. The number of benzene rings is 1. The van der Waals surface area contributed by atoms with Crippen LogP contribution in [0.4, 0.5) is 0 Å². The monoisotopic (exact) mass is 370 g/mol. The number of aryl methyl sites for hydroxylation is 1. The van der Waals surface area contributed by atoms with Crippen LogP contribution in [0.5, 0.6) is 0 Å². The molecule has 1 saturated heterocycles. The Balaban J connectivity index is 1.45. The Morgan fingerprint density at radius 3 is 2.78 bits per heavy atom. The molecule has 1 aromatic rings. The molecule has 148 valence electrons. The molecule has 2 atom stereocenters. The summed E-state index contributed by atoms with van der Waals surface area (Å²) >= 11 is 0. The van der Waals surface area contributed by atoms with E-state index in [4.69, 9.17) is 0 Å². The number of hydrogen-bond acceptors (Lipinski definition) is 2.